The zero-order valence-corrected chi connectivity index (χ0v) is 16.9. The molecule has 0 unspecified atom stereocenters. The summed E-state index contributed by atoms with van der Waals surface area (Å²) in [6.45, 7) is 0.152. The van der Waals surface area contributed by atoms with Crippen molar-refractivity contribution < 1.29 is 14.4 Å². The minimum absolute atomic E-state index is 0.0167. The summed E-state index contributed by atoms with van der Waals surface area (Å²) in [6, 6.07) is 11.5. The highest BCUT2D eigenvalue weighted by atomic mass is 79.9. The third-order valence-corrected chi connectivity index (χ3v) is 5.18. The molecule has 140 valence electrons. The SMILES string of the molecule is O=C(NNC(=O)[C@@H]1CC(=O)N(c2cc(Cl)ccc2Cl)C1)c1ccc(Br)cc1. The Balaban J connectivity index is 1.61. The van der Waals surface area contributed by atoms with Gasteiger partial charge in [-0.15, -0.1) is 0 Å². The van der Waals surface area contributed by atoms with Gasteiger partial charge < -0.3 is 4.90 Å². The normalized spacial score (nSPS) is 16.3. The van der Waals surface area contributed by atoms with Gasteiger partial charge in [0.1, 0.15) is 0 Å². The molecule has 2 aromatic carbocycles. The predicted molar refractivity (Wildman–Crippen MR) is 107 cm³/mol. The second-order valence-corrected chi connectivity index (χ2v) is 7.71. The van der Waals surface area contributed by atoms with E-state index in [0.717, 1.165) is 4.47 Å². The standard InChI is InChI=1S/C18H14BrCl2N3O3/c19-12-3-1-10(2-4-12)17(26)22-23-18(27)11-7-16(25)24(9-11)15-8-13(20)5-6-14(15)21/h1-6,8,11H,7,9H2,(H,22,26)(H,23,27)/t11-/m1/s1. The molecule has 9 heteroatoms. The average Bonchev–Trinajstić information content (AvgIpc) is 3.03. The van der Waals surface area contributed by atoms with E-state index in [4.69, 9.17) is 23.2 Å². The maximum Gasteiger partial charge on any atom is 0.269 e. The molecule has 0 aromatic heterocycles. The van der Waals surface area contributed by atoms with Crippen LogP contribution in [0.5, 0.6) is 0 Å². The molecule has 3 rings (SSSR count). The van der Waals surface area contributed by atoms with Crippen molar-refractivity contribution in [2.24, 2.45) is 5.92 Å². The molecule has 1 atom stereocenters. The van der Waals surface area contributed by atoms with E-state index >= 15 is 0 Å². The smallest absolute Gasteiger partial charge is 0.269 e. The van der Waals surface area contributed by atoms with Crippen LogP contribution in [0.4, 0.5) is 5.69 Å². The summed E-state index contributed by atoms with van der Waals surface area (Å²) in [4.78, 5) is 38.1. The van der Waals surface area contributed by atoms with Gasteiger partial charge in [0, 0.05) is 28.0 Å². The van der Waals surface area contributed by atoms with Crippen LogP contribution < -0.4 is 15.8 Å². The van der Waals surface area contributed by atoms with Crippen molar-refractivity contribution in [1.82, 2.24) is 10.9 Å². The summed E-state index contributed by atoms with van der Waals surface area (Å²) in [5.74, 6) is -1.75. The van der Waals surface area contributed by atoms with Gasteiger partial charge in [-0.05, 0) is 42.5 Å². The van der Waals surface area contributed by atoms with E-state index in [-0.39, 0.29) is 18.9 Å². The van der Waals surface area contributed by atoms with Crippen LogP contribution in [0.25, 0.3) is 0 Å². The van der Waals surface area contributed by atoms with E-state index in [2.05, 4.69) is 26.8 Å². The first kappa shape index (κ1) is 19.7. The second kappa shape index (κ2) is 8.29. The topological polar surface area (TPSA) is 78.5 Å². The van der Waals surface area contributed by atoms with Crippen LogP contribution >= 0.6 is 39.1 Å². The molecule has 0 aliphatic carbocycles. The number of hydrogen-bond donors (Lipinski definition) is 2. The Morgan fingerprint density at radius 2 is 1.78 bits per heavy atom. The molecular formula is C18H14BrCl2N3O3. The van der Waals surface area contributed by atoms with E-state index in [1.807, 2.05) is 0 Å². The summed E-state index contributed by atoms with van der Waals surface area (Å²) in [7, 11) is 0. The summed E-state index contributed by atoms with van der Waals surface area (Å²) in [6.07, 6.45) is 0.0167. The van der Waals surface area contributed by atoms with Gasteiger partial charge in [0.05, 0.1) is 16.6 Å². The fraction of sp³-hybridized carbons (Fsp3) is 0.167. The van der Waals surface area contributed by atoms with E-state index in [0.29, 0.717) is 21.3 Å². The molecule has 3 amide bonds. The Morgan fingerprint density at radius 3 is 2.48 bits per heavy atom. The van der Waals surface area contributed by atoms with Crippen molar-refractivity contribution in [3.63, 3.8) is 0 Å². The van der Waals surface area contributed by atoms with Crippen molar-refractivity contribution in [3.05, 3.63) is 62.5 Å². The molecule has 1 saturated heterocycles. The molecule has 0 bridgehead atoms. The van der Waals surface area contributed by atoms with Gasteiger partial charge in [-0.2, -0.15) is 0 Å². The van der Waals surface area contributed by atoms with E-state index in [9.17, 15) is 14.4 Å². The number of carbonyl (C=O) groups is 3. The number of benzene rings is 2. The van der Waals surface area contributed by atoms with Gasteiger partial charge in [-0.25, -0.2) is 0 Å². The van der Waals surface area contributed by atoms with Gasteiger partial charge in [0.25, 0.3) is 5.91 Å². The number of hydrogen-bond acceptors (Lipinski definition) is 3. The van der Waals surface area contributed by atoms with Gasteiger partial charge in [0.15, 0.2) is 0 Å². The van der Waals surface area contributed by atoms with Crippen molar-refractivity contribution in [3.8, 4) is 0 Å². The number of rotatable bonds is 3. The van der Waals surface area contributed by atoms with Crippen LogP contribution in [-0.4, -0.2) is 24.3 Å². The first-order valence-corrected chi connectivity index (χ1v) is 9.51. The highest BCUT2D eigenvalue weighted by Gasteiger charge is 2.36. The maximum atomic E-state index is 12.3. The van der Waals surface area contributed by atoms with Crippen LogP contribution in [-0.2, 0) is 9.59 Å². The first-order valence-electron chi connectivity index (χ1n) is 7.96. The lowest BCUT2D eigenvalue weighted by atomic mass is 10.1. The molecule has 1 heterocycles. The first-order chi connectivity index (χ1) is 12.8. The minimum atomic E-state index is -0.613. The maximum absolute atomic E-state index is 12.3. The number of amides is 3. The van der Waals surface area contributed by atoms with Crippen molar-refractivity contribution >= 4 is 62.5 Å². The van der Waals surface area contributed by atoms with Crippen LogP contribution in [0.3, 0.4) is 0 Å². The molecule has 2 N–H and O–H groups in total. The lowest BCUT2D eigenvalue weighted by molar-refractivity contribution is -0.126. The molecule has 0 radical (unpaired) electrons. The minimum Gasteiger partial charge on any atom is -0.310 e. The monoisotopic (exact) mass is 469 g/mol. The van der Waals surface area contributed by atoms with Crippen molar-refractivity contribution in [1.29, 1.82) is 0 Å². The zero-order valence-electron chi connectivity index (χ0n) is 13.8. The third-order valence-electron chi connectivity index (χ3n) is 4.10. The molecule has 1 fully saturated rings. The van der Waals surface area contributed by atoms with Gasteiger partial charge in [-0.1, -0.05) is 39.1 Å². The largest absolute Gasteiger partial charge is 0.310 e. The van der Waals surface area contributed by atoms with Crippen LogP contribution in [0.2, 0.25) is 10.0 Å². The van der Waals surface area contributed by atoms with E-state index in [1.165, 1.54) is 4.90 Å². The number of carbonyl (C=O) groups excluding carboxylic acids is 3. The molecule has 27 heavy (non-hydrogen) atoms. The van der Waals surface area contributed by atoms with Gasteiger partial charge in [0.2, 0.25) is 11.8 Å². The Labute approximate surface area is 173 Å². The van der Waals surface area contributed by atoms with E-state index < -0.39 is 17.7 Å². The molecule has 0 saturated carbocycles. The Morgan fingerprint density at radius 1 is 1.07 bits per heavy atom. The Bertz CT molecular complexity index is 905. The number of hydrazine groups is 1. The highest BCUT2D eigenvalue weighted by molar-refractivity contribution is 9.10. The highest BCUT2D eigenvalue weighted by Crippen LogP contribution is 2.33. The van der Waals surface area contributed by atoms with Gasteiger partial charge in [-0.3, -0.25) is 25.2 Å². The van der Waals surface area contributed by atoms with Crippen molar-refractivity contribution in [2.75, 3.05) is 11.4 Å². The number of halogens is 3. The molecular weight excluding hydrogens is 457 g/mol. The number of nitrogens with zero attached hydrogens (tertiary/aromatic N) is 1. The Kier molecular flexibility index (Phi) is 6.04. The van der Waals surface area contributed by atoms with E-state index in [1.54, 1.807) is 42.5 Å². The van der Waals surface area contributed by atoms with Crippen molar-refractivity contribution in [2.45, 2.75) is 6.42 Å². The average molecular weight is 471 g/mol. The number of nitrogens with one attached hydrogen (secondary N) is 2. The van der Waals surface area contributed by atoms with Crippen LogP contribution in [0.1, 0.15) is 16.8 Å². The number of anilines is 1. The summed E-state index contributed by atoms with van der Waals surface area (Å²) in [5.41, 5.74) is 5.58. The third kappa shape index (κ3) is 4.61. The molecule has 6 nitrogen and oxygen atoms in total. The fourth-order valence-corrected chi connectivity index (χ4v) is 3.35. The second-order valence-electron chi connectivity index (χ2n) is 5.95. The molecule has 1 aliphatic heterocycles. The quantitative estimate of drug-likeness (QED) is 0.673. The summed E-state index contributed by atoms with van der Waals surface area (Å²) >= 11 is 15.4. The van der Waals surface area contributed by atoms with Crippen LogP contribution in [0.15, 0.2) is 46.9 Å². The fourth-order valence-electron chi connectivity index (χ4n) is 2.70. The lowest BCUT2D eigenvalue weighted by Gasteiger charge is -2.18. The molecule has 0 spiro atoms. The summed E-state index contributed by atoms with van der Waals surface area (Å²) in [5, 5.41) is 0.814. The molecule has 1 aliphatic rings. The zero-order chi connectivity index (χ0) is 19.6. The lowest BCUT2D eigenvalue weighted by Crippen LogP contribution is -2.45. The molecule has 2 aromatic rings. The predicted octanol–water partition coefficient (Wildman–Crippen LogP) is 3.57. The Hall–Kier alpha value is -2.09. The van der Waals surface area contributed by atoms with Crippen LogP contribution in [0, 0.1) is 5.92 Å². The van der Waals surface area contributed by atoms with Gasteiger partial charge >= 0.3 is 0 Å². The summed E-state index contributed by atoms with van der Waals surface area (Å²) < 4.78 is 0.840.